The summed E-state index contributed by atoms with van der Waals surface area (Å²) in [6.45, 7) is 5.86. The fourth-order valence-electron chi connectivity index (χ4n) is 4.10. The van der Waals surface area contributed by atoms with E-state index in [4.69, 9.17) is 4.42 Å². The van der Waals surface area contributed by atoms with Gasteiger partial charge in [-0.05, 0) is 42.0 Å². The molecule has 7 heteroatoms. The van der Waals surface area contributed by atoms with E-state index >= 15 is 0 Å². The molecular formula is C20H25N3O3S. The van der Waals surface area contributed by atoms with Gasteiger partial charge in [0.2, 0.25) is 5.91 Å². The summed E-state index contributed by atoms with van der Waals surface area (Å²) in [5.74, 6) is 0.428. The molecule has 4 heterocycles. The Bertz CT molecular complexity index is 793. The Morgan fingerprint density at radius 2 is 1.93 bits per heavy atom. The molecule has 2 aromatic rings. The van der Waals surface area contributed by atoms with Crippen molar-refractivity contribution in [1.29, 1.82) is 0 Å². The number of furan rings is 1. The maximum absolute atomic E-state index is 12.8. The van der Waals surface area contributed by atoms with Gasteiger partial charge >= 0.3 is 0 Å². The van der Waals surface area contributed by atoms with Gasteiger partial charge in [-0.25, -0.2) is 0 Å². The van der Waals surface area contributed by atoms with E-state index in [1.165, 1.54) is 16.7 Å². The molecule has 2 amide bonds. The van der Waals surface area contributed by atoms with Crippen molar-refractivity contribution in [2.75, 3.05) is 39.3 Å². The molecule has 0 unspecified atom stereocenters. The van der Waals surface area contributed by atoms with Crippen molar-refractivity contribution in [2.24, 2.45) is 0 Å². The lowest BCUT2D eigenvalue weighted by molar-refractivity contribution is -0.134. The average Bonchev–Trinajstić information content (AvgIpc) is 3.39. The SMILES string of the molecule is CC[C@H]1c2ccsc2CCN1CC(=O)N1CCN(C(=O)c2ccco2)CC1. The van der Waals surface area contributed by atoms with Crippen LogP contribution in [0.25, 0.3) is 0 Å². The van der Waals surface area contributed by atoms with Crippen LogP contribution in [0.2, 0.25) is 0 Å². The Balaban J connectivity index is 1.33. The standard InChI is InChI=1S/C20H25N3O3S/c1-2-16-15-6-13-27-18(15)5-7-23(16)14-19(24)21-8-10-22(11-9-21)20(25)17-4-3-12-26-17/h3-4,6,12-13,16H,2,5,7-11,14H2,1H3/t16-/m0/s1. The smallest absolute Gasteiger partial charge is 0.289 e. The second kappa shape index (κ2) is 7.86. The van der Waals surface area contributed by atoms with Gasteiger partial charge in [-0.3, -0.25) is 14.5 Å². The third-order valence-electron chi connectivity index (χ3n) is 5.58. The Hall–Kier alpha value is -2.12. The number of carbonyl (C=O) groups is 2. The molecule has 0 aliphatic carbocycles. The van der Waals surface area contributed by atoms with Crippen molar-refractivity contribution in [2.45, 2.75) is 25.8 Å². The van der Waals surface area contributed by atoms with Crippen LogP contribution >= 0.6 is 11.3 Å². The molecule has 1 atom stereocenters. The van der Waals surface area contributed by atoms with Crippen molar-refractivity contribution >= 4 is 23.2 Å². The monoisotopic (exact) mass is 387 g/mol. The zero-order chi connectivity index (χ0) is 18.8. The minimum atomic E-state index is -0.0980. The first-order valence-electron chi connectivity index (χ1n) is 9.58. The van der Waals surface area contributed by atoms with Gasteiger partial charge in [-0.1, -0.05) is 6.92 Å². The molecule has 0 saturated carbocycles. The summed E-state index contributed by atoms with van der Waals surface area (Å²) < 4.78 is 5.19. The van der Waals surface area contributed by atoms with Crippen molar-refractivity contribution in [3.8, 4) is 0 Å². The fraction of sp³-hybridized carbons (Fsp3) is 0.500. The van der Waals surface area contributed by atoms with Crippen LogP contribution < -0.4 is 0 Å². The Morgan fingerprint density at radius 3 is 2.63 bits per heavy atom. The van der Waals surface area contributed by atoms with E-state index in [1.54, 1.807) is 17.0 Å². The van der Waals surface area contributed by atoms with Gasteiger partial charge in [0, 0.05) is 43.6 Å². The van der Waals surface area contributed by atoms with Gasteiger partial charge in [0.25, 0.3) is 5.91 Å². The molecule has 2 aromatic heterocycles. The number of nitrogens with zero attached hydrogens (tertiary/aromatic N) is 3. The van der Waals surface area contributed by atoms with E-state index < -0.39 is 0 Å². The van der Waals surface area contributed by atoms with E-state index in [9.17, 15) is 9.59 Å². The van der Waals surface area contributed by atoms with E-state index in [1.807, 2.05) is 16.2 Å². The molecule has 0 bridgehead atoms. The summed E-state index contributed by atoms with van der Waals surface area (Å²) in [4.78, 5) is 32.6. The normalized spacial score (nSPS) is 20.6. The third kappa shape index (κ3) is 3.66. The van der Waals surface area contributed by atoms with E-state index in [0.717, 1.165) is 19.4 Å². The van der Waals surface area contributed by atoms with Gasteiger partial charge < -0.3 is 14.2 Å². The number of hydrogen-bond donors (Lipinski definition) is 0. The first-order chi connectivity index (χ1) is 13.2. The average molecular weight is 388 g/mol. The molecule has 2 aliphatic heterocycles. The van der Waals surface area contributed by atoms with Gasteiger partial charge in [-0.15, -0.1) is 11.3 Å². The number of rotatable bonds is 4. The molecule has 1 saturated heterocycles. The summed E-state index contributed by atoms with van der Waals surface area (Å²) in [7, 11) is 0. The van der Waals surface area contributed by atoms with Crippen LogP contribution in [0, 0.1) is 0 Å². The second-order valence-corrected chi connectivity index (χ2v) is 8.09. The highest BCUT2D eigenvalue weighted by Gasteiger charge is 2.31. The van der Waals surface area contributed by atoms with Crippen LogP contribution in [-0.4, -0.2) is 65.8 Å². The minimum absolute atomic E-state index is 0.0980. The van der Waals surface area contributed by atoms with E-state index in [2.05, 4.69) is 23.3 Å². The summed E-state index contributed by atoms with van der Waals surface area (Å²) in [5, 5.41) is 2.16. The number of amides is 2. The molecule has 2 aliphatic rings. The largest absolute Gasteiger partial charge is 0.459 e. The first kappa shape index (κ1) is 18.3. The minimum Gasteiger partial charge on any atom is -0.459 e. The predicted octanol–water partition coefficient (Wildman–Crippen LogP) is 2.63. The van der Waals surface area contributed by atoms with Crippen LogP contribution in [0.1, 0.15) is 40.4 Å². The van der Waals surface area contributed by atoms with Gasteiger partial charge in [-0.2, -0.15) is 0 Å². The number of fused-ring (bicyclic) bond motifs is 1. The zero-order valence-electron chi connectivity index (χ0n) is 15.6. The molecule has 0 N–H and O–H groups in total. The maximum Gasteiger partial charge on any atom is 0.289 e. The van der Waals surface area contributed by atoms with Gasteiger partial charge in [0.15, 0.2) is 5.76 Å². The molecule has 0 spiro atoms. The number of piperazine rings is 1. The zero-order valence-corrected chi connectivity index (χ0v) is 16.4. The highest BCUT2D eigenvalue weighted by atomic mass is 32.1. The van der Waals surface area contributed by atoms with Crippen molar-refractivity contribution in [1.82, 2.24) is 14.7 Å². The van der Waals surface area contributed by atoms with Crippen molar-refractivity contribution in [3.05, 3.63) is 46.0 Å². The van der Waals surface area contributed by atoms with Gasteiger partial charge in [0.05, 0.1) is 12.8 Å². The number of thiophene rings is 1. The lowest BCUT2D eigenvalue weighted by Gasteiger charge is -2.38. The predicted molar refractivity (Wildman–Crippen MR) is 104 cm³/mol. The highest BCUT2D eigenvalue weighted by molar-refractivity contribution is 7.10. The lowest BCUT2D eigenvalue weighted by Crippen LogP contribution is -2.53. The van der Waals surface area contributed by atoms with Crippen LogP contribution in [-0.2, 0) is 11.2 Å². The number of hydrogen-bond acceptors (Lipinski definition) is 5. The van der Waals surface area contributed by atoms with Crippen molar-refractivity contribution in [3.63, 3.8) is 0 Å². The summed E-state index contributed by atoms with van der Waals surface area (Å²) in [6, 6.07) is 5.95. The third-order valence-corrected chi connectivity index (χ3v) is 6.58. The molecule has 6 nitrogen and oxygen atoms in total. The summed E-state index contributed by atoms with van der Waals surface area (Å²) in [6.07, 6.45) is 3.55. The first-order valence-corrected chi connectivity index (χ1v) is 10.5. The molecule has 0 radical (unpaired) electrons. The van der Waals surface area contributed by atoms with Crippen LogP contribution in [0.5, 0.6) is 0 Å². The molecule has 4 rings (SSSR count). The van der Waals surface area contributed by atoms with E-state index in [-0.39, 0.29) is 11.8 Å². The quantitative estimate of drug-likeness (QED) is 0.809. The molecular weight excluding hydrogens is 362 g/mol. The highest BCUT2D eigenvalue weighted by Crippen LogP contribution is 2.35. The molecule has 1 fully saturated rings. The Labute approximate surface area is 163 Å². The Morgan fingerprint density at radius 1 is 1.15 bits per heavy atom. The van der Waals surface area contributed by atoms with Crippen LogP contribution in [0.3, 0.4) is 0 Å². The topological polar surface area (TPSA) is 57.0 Å². The van der Waals surface area contributed by atoms with Crippen LogP contribution in [0.15, 0.2) is 34.3 Å². The second-order valence-electron chi connectivity index (χ2n) is 7.09. The van der Waals surface area contributed by atoms with Crippen molar-refractivity contribution < 1.29 is 14.0 Å². The summed E-state index contributed by atoms with van der Waals surface area (Å²) in [5.41, 5.74) is 1.40. The lowest BCUT2D eigenvalue weighted by atomic mass is 9.98. The maximum atomic E-state index is 12.8. The fourth-order valence-corrected chi connectivity index (χ4v) is 5.03. The number of carbonyl (C=O) groups excluding carboxylic acids is 2. The summed E-state index contributed by atoms with van der Waals surface area (Å²) >= 11 is 1.83. The van der Waals surface area contributed by atoms with E-state index in [0.29, 0.717) is 44.5 Å². The van der Waals surface area contributed by atoms with Gasteiger partial charge in [0.1, 0.15) is 0 Å². The molecule has 144 valence electrons. The molecule has 27 heavy (non-hydrogen) atoms. The Kier molecular flexibility index (Phi) is 5.31. The van der Waals surface area contributed by atoms with Crippen LogP contribution in [0.4, 0.5) is 0 Å². The molecule has 0 aromatic carbocycles.